The van der Waals surface area contributed by atoms with Crippen molar-refractivity contribution in [2.75, 3.05) is 20.3 Å². The van der Waals surface area contributed by atoms with Crippen LogP contribution in [0.3, 0.4) is 0 Å². The molecule has 2 aromatic rings. The summed E-state index contributed by atoms with van der Waals surface area (Å²) in [5, 5.41) is 2.48. The molecular formula is C23H29NO6. The predicted octanol–water partition coefficient (Wildman–Crippen LogP) is 3.47. The number of ether oxygens (including phenoxy) is 4. The first-order valence-corrected chi connectivity index (χ1v) is 9.86. The fourth-order valence-corrected chi connectivity index (χ4v) is 2.56. The summed E-state index contributed by atoms with van der Waals surface area (Å²) in [5.74, 6) is -0.597. The number of alkyl carbamates (subject to hydrolysis) is 1. The van der Waals surface area contributed by atoms with E-state index in [1.807, 2.05) is 67.6 Å². The normalized spacial score (nSPS) is 12.6. The summed E-state index contributed by atoms with van der Waals surface area (Å²) in [4.78, 5) is 23.9. The summed E-state index contributed by atoms with van der Waals surface area (Å²) in [6.07, 6.45) is -0.0675. The molecule has 0 aliphatic heterocycles. The first-order chi connectivity index (χ1) is 14.6. The van der Waals surface area contributed by atoms with Crippen molar-refractivity contribution < 1.29 is 28.5 Å². The van der Waals surface area contributed by atoms with Crippen LogP contribution in [0.25, 0.3) is 0 Å². The number of hydrogen-bond acceptors (Lipinski definition) is 6. The second-order valence-electron chi connectivity index (χ2n) is 6.75. The molecule has 0 aliphatic rings. The van der Waals surface area contributed by atoms with Crippen molar-refractivity contribution in [2.24, 2.45) is 0 Å². The Labute approximate surface area is 177 Å². The van der Waals surface area contributed by atoms with Crippen molar-refractivity contribution in [3.63, 3.8) is 0 Å². The maximum Gasteiger partial charge on any atom is 0.408 e. The Bertz CT molecular complexity index is 753. The smallest absolute Gasteiger partial charge is 0.408 e. The zero-order chi connectivity index (χ0) is 21.6. The maximum atomic E-state index is 12.0. The lowest BCUT2D eigenvalue weighted by atomic mass is 10.2. The Kier molecular flexibility index (Phi) is 10.4. The summed E-state index contributed by atoms with van der Waals surface area (Å²) < 4.78 is 21.2. The van der Waals surface area contributed by atoms with E-state index in [0.717, 1.165) is 11.1 Å². The lowest BCUT2D eigenvalue weighted by Gasteiger charge is -2.18. The van der Waals surface area contributed by atoms with Gasteiger partial charge in [0.1, 0.15) is 6.61 Å². The SMILES string of the molecule is COC(=O)C(COCCC(C)OCc1ccccc1)NC(=O)OCc1ccccc1. The van der Waals surface area contributed by atoms with Gasteiger partial charge in [-0.2, -0.15) is 0 Å². The third-order valence-corrected chi connectivity index (χ3v) is 4.32. The van der Waals surface area contributed by atoms with E-state index in [1.165, 1.54) is 7.11 Å². The second kappa shape index (κ2) is 13.3. The molecule has 0 aromatic heterocycles. The molecule has 7 heteroatoms. The van der Waals surface area contributed by atoms with Gasteiger partial charge in [-0.05, 0) is 24.5 Å². The zero-order valence-corrected chi connectivity index (χ0v) is 17.4. The highest BCUT2D eigenvalue weighted by atomic mass is 16.6. The predicted molar refractivity (Wildman–Crippen MR) is 112 cm³/mol. The fourth-order valence-electron chi connectivity index (χ4n) is 2.56. The number of rotatable bonds is 12. The number of benzene rings is 2. The van der Waals surface area contributed by atoms with E-state index in [-0.39, 0.29) is 19.3 Å². The number of nitrogens with one attached hydrogen (secondary N) is 1. The molecule has 30 heavy (non-hydrogen) atoms. The quantitative estimate of drug-likeness (QED) is 0.422. The largest absolute Gasteiger partial charge is 0.467 e. The Morgan fingerprint density at radius 3 is 2.13 bits per heavy atom. The van der Waals surface area contributed by atoms with Crippen LogP contribution in [-0.2, 0) is 37.0 Å². The molecule has 2 rings (SSSR count). The highest BCUT2D eigenvalue weighted by molar-refractivity contribution is 5.81. The van der Waals surface area contributed by atoms with Crippen LogP contribution in [0, 0.1) is 0 Å². The van der Waals surface area contributed by atoms with Crippen LogP contribution in [0.4, 0.5) is 4.79 Å². The molecule has 2 unspecified atom stereocenters. The van der Waals surface area contributed by atoms with Crippen LogP contribution < -0.4 is 5.32 Å². The van der Waals surface area contributed by atoms with Gasteiger partial charge in [-0.3, -0.25) is 0 Å². The molecule has 7 nitrogen and oxygen atoms in total. The van der Waals surface area contributed by atoms with Crippen LogP contribution in [-0.4, -0.2) is 44.5 Å². The number of methoxy groups -OCH3 is 1. The van der Waals surface area contributed by atoms with Crippen LogP contribution in [0.1, 0.15) is 24.5 Å². The Balaban J connectivity index is 1.67. The first-order valence-electron chi connectivity index (χ1n) is 9.86. The average molecular weight is 415 g/mol. The molecule has 0 bridgehead atoms. The fraction of sp³-hybridized carbons (Fsp3) is 0.391. The molecule has 0 saturated carbocycles. The molecule has 0 saturated heterocycles. The summed E-state index contributed by atoms with van der Waals surface area (Å²) in [7, 11) is 1.26. The van der Waals surface area contributed by atoms with Crippen molar-refractivity contribution in [1.29, 1.82) is 0 Å². The minimum Gasteiger partial charge on any atom is -0.467 e. The van der Waals surface area contributed by atoms with E-state index in [1.54, 1.807) is 0 Å². The van der Waals surface area contributed by atoms with Gasteiger partial charge in [-0.25, -0.2) is 9.59 Å². The number of carbonyl (C=O) groups is 2. The second-order valence-corrected chi connectivity index (χ2v) is 6.75. The van der Waals surface area contributed by atoms with E-state index >= 15 is 0 Å². The summed E-state index contributed by atoms with van der Waals surface area (Å²) in [5.41, 5.74) is 1.96. The lowest BCUT2D eigenvalue weighted by molar-refractivity contribution is -0.144. The van der Waals surface area contributed by atoms with Crippen LogP contribution in [0.2, 0.25) is 0 Å². The van der Waals surface area contributed by atoms with E-state index in [2.05, 4.69) is 5.32 Å². The molecule has 1 N–H and O–H groups in total. The van der Waals surface area contributed by atoms with Gasteiger partial charge in [0.15, 0.2) is 6.04 Å². The molecular weight excluding hydrogens is 386 g/mol. The van der Waals surface area contributed by atoms with Gasteiger partial charge in [0.25, 0.3) is 0 Å². The lowest BCUT2D eigenvalue weighted by Crippen LogP contribution is -2.45. The Morgan fingerprint density at radius 1 is 0.933 bits per heavy atom. The zero-order valence-electron chi connectivity index (χ0n) is 17.4. The minimum atomic E-state index is -0.946. The molecule has 2 atom stereocenters. The van der Waals surface area contributed by atoms with Crippen LogP contribution in [0.5, 0.6) is 0 Å². The van der Waals surface area contributed by atoms with Gasteiger partial charge in [0, 0.05) is 6.61 Å². The van der Waals surface area contributed by atoms with E-state index < -0.39 is 18.1 Å². The van der Waals surface area contributed by atoms with Crippen molar-refractivity contribution in [2.45, 2.75) is 38.7 Å². The molecule has 162 valence electrons. The number of esters is 1. The highest BCUT2D eigenvalue weighted by Gasteiger charge is 2.22. The van der Waals surface area contributed by atoms with Crippen LogP contribution in [0.15, 0.2) is 60.7 Å². The van der Waals surface area contributed by atoms with Crippen molar-refractivity contribution in [3.05, 3.63) is 71.8 Å². The van der Waals surface area contributed by atoms with Crippen LogP contribution >= 0.6 is 0 Å². The number of hydrogen-bond donors (Lipinski definition) is 1. The van der Waals surface area contributed by atoms with E-state index in [4.69, 9.17) is 18.9 Å². The average Bonchev–Trinajstić information content (AvgIpc) is 2.79. The summed E-state index contributed by atoms with van der Waals surface area (Å²) in [6.45, 7) is 2.96. The standard InChI is InChI=1S/C23H29NO6/c1-18(29-15-19-9-5-3-6-10-19)13-14-28-17-21(22(25)27-2)24-23(26)30-16-20-11-7-4-8-12-20/h3-12,18,21H,13-17H2,1-2H3,(H,24,26). The minimum absolute atomic E-state index is 0.00872. The molecule has 2 aromatic carbocycles. The molecule has 0 fully saturated rings. The summed E-state index contributed by atoms with van der Waals surface area (Å²) in [6, 6.07) is 18.2. The summed E-state index contributed by atoms with van der Waals surface area (Å²) >= 11 is 0. The molecule has 0 radical (unpaired) electrons. The maximum absolute atomic E-state index is 12.0. The van der Waals surface area contributed by atoms with Gasteiger partial charge in [0.05, 0.1) is 26.4 Å². The van der Waals surface area contributed by atoms with Gasteiger partial charge in [0.2, 0.25) is 0 Å². The van der Waals surface area contributed by atoms with E-state index in [9.17, 15) is 9.59 Å². The Morgan fingerprint density at radius 2 is 1.53 bits per heavy atom. The topological polar surface area (TPSA) is 83.1 Å². The Hall–Kier alpha value is -2.90. The van der Waals surface area contributed by atoms with Gasteiger partial charge >= 0.3 is 12.1 Å². The van der Waals surface area contributed by atoms with E-state index in [0.29, 0.717) is 19.6 Å². The monoisotopic (exact) mass is 415 g/mol. The van der Waals surface area contributed by atoms with Gasteiger partial charge < -0.3 is 24.3 Å². The van der Waals surface area contributed by atoms with Gasteiger partial charge in [-0.15, -0.1) is 0 Å². The van der Waals surface area contributed by atoms with Crippen molar-refractivity contribution in [3.8, 4) is 0 Å². The third kappa shape index (κ3) is 9.07. The molecule has 0 aliphatic carbocycles. The van der Waals surface area contributed by atoms with Crippen molar-refractivity contribution in [1.82, 2.24) is 5.32 Å². The first kappa shape index (κ1) is 23.4. The van der Waals surface area contributed by atoms with Gasteiger partial charge in [-0.1, -0.05) is 60.7 Å². The van der Waals surface area contributed by atoms with Crippen molar-refractivity contribution >= 4 is 12.1 Å². The third-order valence-electron chi connectivity index (χ3n) is 4.32. The number of amides is 1. The highest BCUT2D eigenvalue weighted by Crippen LogP contribution is 2.06. The molecule has 0 spiro atoms. The number of carbonyl (C=O) groups excluding carboxylic acids is 2. The molecule has 0 heterocycles. The molecule has 1 amide bonds.